The van der Waals surface area contributed by atoms with Crippen molar-refractivity contribution >= 4 is 0 Å². The Bertz CT molecular complexity index is 363. The maximum atomic E-state index is 4.26. The molecule has 4 nitrogen and oxygen atoms in total. The highest BCUT2D eigenvalue weighted by atomic mass is 15.3. The topological polar surface area (TPSA) is 33.1 Å². The van der Waals surface area contributed by atoms with Crippen LogP contribution in [0.15, 0.2) is 12.3 Å². The van der Waals surface area contributed by atoms with Gasteiger partial charge in [0.15, 0.2) is 0 Å². The van der Waals surface area contributed by atoms with Gasteiger partial charge in [0.2, 0.25) is 0 Å². The molecule has 0 radical (unpaired) electrons. The van der Waals surface area contributed by atoms with Crippen molar-refractivity contribution in [3.63, 3.8) is 0 Å². The van der Waals surface area contributed by atoms with Crippen LogP contribution >= 0.6 is 0 Å². The van der Waals surface area contributed by atoms with Crippen LogP contribution < -0.4 is 5.32 Å². The van der Waals surface area contributed by atoms with Crippen LogP contribution in [-0.2, 0) is 13.6 Å². The lowest BCUT2D eigenvalue weighted by molar-refractivity contribution is 0.225. The van der Waals surface area contributed by atoms with E-state index in [-0.39, 0.29) is 0 Å². The maximum absolute atomic E-state index is 4.26. The number of hydrogen-bond acceptors (Lipinski definition) is 3. The van der Waals surface area contributed by atoms with Gasteiger partial charge >= 0.3 is 0 Å². The molecule has 17 heavy (non-hydrogen) atoms. The first-order chi connectivity index (χ1) is 8.33. The van der Waals surface area contributed by atoms with Crippen molar-refractivity contribution in [3.8, 4) is 0 Å². The molecule has 0 amide bonds. The average Bonchev–Trinajstić information content (AvgIpc) is 2.91. The first-order valence-electron chi connectivity index (χ1n) is 6.77. The quantitative estimate of drug-likeness (QED) is 0.829. The van der Waals surface area contributed by atoms with E-state index in [9.17, 15) is 0 Å². The molecule has 1 saturated heterocycles. The van der Waals surface area contributed by atoms with Crippen LogP contribution in [0.2, 0.25) is 0 Å². The fourth-order valence-corrected chi connectivity index (χ4v) is 2.74. The number of nitrogens with one attached hydrogen (secondary N) is 1. The average molecular weight is 234 g/mol. The van der Waals surface area contributed by atoms with Crippen molar-refractivity contribution < 1.29 is 0 Å². The third-order valence-electron chi connectivity index (χ3n) is 3.97. The lowest BCUT2D eigenvalue weighted by atomic mass is 10.2. The van der Waals surface area contributed by atoms with Crippen molar-refractivity contribution in [2.24, 2.45) is 7.05 Å². The summed E-state index contributed by atoms with van der Waals surface area (Å²) >= 11 is 0. The van der Waals surface area contributed by atoms with E-state index in [4.69, 9.17) is 0 Å². The molecule has 1 aliphatic carbocycles. The summed E-state index contributed by atoms with van der Waals surface area (Å²) in [5.41, 5.74) is 1.33. The van der Waals surface area contributed by atoms with Gasteiger partial charge in [0.1, 0.15) is 0 Å². The maximum Gasteiger partial charge on any atom is 0.0521 e. The van der Waals surface area contributed by atoms with E-state index >= 15 is 0 Å². The number of nitrogens with zero attached hydrogens (tertiary/aromatic N) is 3. The molecule has 0 spiro atoms. The van der Waals surface area contributed by atoms with Crippen LogP contribution in [0.25, 0.3) is 0 Å². The lowest BCUT2D eigenvalue weighted by Gasteiger charge is -2.25. The smallest absolute Gasteiger partial charge is 0.0521 e. The molecule has 94 valence electrons. The number of hydrogen-bond donors (Lipinski definition) is 1. The molecule has 2 fully saturated rings. The van der Waals surface area contributed by atoms with E-state index in [1.165, 1.54) is 44.5 Å². The predicted molar refractivity (Wildman–Crippen MR) is 67.7 cm³/mol. The highest BCUT2D eigenvalue weighted by molar-refractivity contribution is 5.02. The molecule has 1 aliphatic heterocycles. The first kappa shape index (κ1) is 11.2. The van der Waals surface area contributed by atoms with Gasteiger partial charge in [0.25, 0.3) is 0 Å². The SMILES string of the molecule is Cn1nccc1CN(CC1CCCN1)C1CC1. The predicted octanol–water partition coefficient (Wildman–Crippen LogP) is 1.14. The lowest BCUT2D eigenvalue weighted by Crippen LogP contribution is -2.38. The first-order valence-corrected chi connectivity index (χ1v) is 6.77. The summed E-state index contributed by atoms with van der Waals surface area (Å²) in [6, 6.07) is 3.67. The summed E-state index contributed by atoms with van der Waals surface area (Å²) in [6.45, 7) is 3.46. The fraction of sp³-hybridized carbons (Fsp3) is 0.769. The van der Waals surface area contributed by atoms with E-state index in [0.29, 0.717) is 6.04 Å². The van der Waals surface area contributed by atoms with Crippen molar-refractivity contribution in [2.45, 2.75) is 44.3 Å². The zero-order valence-electron chi connectivity index (χ0n) is 10.6. The molecule has 1 atom stereocenters. The van der Waals surface area contributed by atoms with Crippen LogP contribution in [0.1, 0.15) is 31.4 Å². The number of aryl methyl sites for hydroxylation is 1. The molecule has 1 unspecified atom stereocenters. The Morgan fingerprint density at radius 1 is 1.47 bits per heavy atom. The van der Waals surface area contributed by atoms with E-state index in [2.05, 4.69) is 21.4 Å². The molecular weight excluding hydrogens is 212 g/mol. The van der Waals surface area contributed by atoms with Crippen molar-refractivity contribution in [1.82, 2.24) is 20.0 Å². The Hall–Kier alpha value is -0.870. The Morgan fingerprint density at radius 3 is 2.94 bits per heavy atom. The van der Waals surface area contributed by atoms with Crippen LogP contribution in [0.5, 0.6) is 0 Å². The zero-order chi connectivity index (χ0) is 11.7. The van der Waals surface area contributed by atoms with Gasteiger partial charge in [0.05, 0.1) is 5.69 Å². The fourth-order valence-electron chi connectivity index (χ4n) is 2.74. The molecular formula is C13H22N4. The third kappa shape index (κ3) is 2.69. The van der Waals surface area contributed by atoms with Gasteiger partial charge in [-0.2, -0.15) is 5.10 Å². The number of rotatable bonds is 5. The largest absolute Gasteiger partial charge is 0.313 e. The summed E-state index contributed by atoms with van der Waals surface area (Å²) in [4.78, 5) is 2.64. The summed E-state index contributed by atoms with van der Waals surface area (Å²) in [7, 11) is 2.04. The van der Waals surface area contributed by atoms with Crippen LogP contribution in [0.3, 0.4) is 0 Å². The highest BCUT2D eigenvalue weighted by Gasteiger charge is 2.31. The zero-order valence-corrected chi connectivity index (χ0v) is 10.6. The van der Waals surface area contributed by atoms with Gasteiger partial charge in [-0.05, 0) is 38.3 Å². The van der Waals surface area contributed by atoms with Crippen molar-refractivity contribution in [2.75, 3.05) is 13.1 Å². The monoisotopic (exact) mass is 234 g/mol. The molecule has 2 aliphatic rings. The molecule has 0 bridgehead atoms. The second-order valence-corrected chi connectivity index (χ2v) is 5.40. The molecule has 1 aromatic heterocycles. The summed E-state index contributed by atoms with van der Waals surface area (Å²) in [5, 5.41) is 7.86. The van der Waals surface area contributed by atoms with Gasteiger partial charge < -0.3 is 5.32 Å². The van der Waals surface area contributed by atoms with Crippen molar-refractivity contribution in [3.05, 3.63) is 18.0 Å². The molecule has 1 aromatic rings. The van der Waals surface area contributed by atoms with Crippen LogP contribution in [0.4, 0.5) is 0 Å². The second-order valence-electron chi connectivity index (χ2n) is 5.40. The summed E-state index contributed by atoms with van der Waals surface area (Å²) in [5.74, 6) is 0. The Balaban J connectivity index is 1.61. The molecule has 3 rings (SSSR count). The standard InChI is InChI=1S/C13H22N4/c1-16-13(6-8-15-16)10-17(12-4-5-12)9-11-3-2-7-14-11/h6,8,11-12,14H,2-5,7,9-10H2,1H3. The summed E-state index contributed by atoms with van der Waals surface area (Å²) in [6.07, 6.45) is 7.34. The van der Waals surface area contributed by atoms with E-state index < -0.39 is 0 Å². The summed E-state index contributed by atoms with van der Waals surface area (Å²) < 4.78 is 2.00. The minimum absolute atomic E-state index is 0.712. The van der Waals surface area contributed by atoms with Gasteiger partial charge in [0, 0.05) is 38.4 Å². The highest BCUT2D eigenvalue weighted by Crippen LogP contribution is 2.29. The van der Waals surface area contributed by atoms with Gasteiger partial charge in [-0.1, -0.05) is 0 Å². The minimum Gasteiger partial charge on any atom is -0.313 e. The van der Waals surface area contributed by atoms with E-state index in [1.54, 1.807) is 0 Å². The Kier molecular flexibility index (Phi) is 3.16. The van der Waals surface area contributed by atoms with Crippen LogP contribution in [0, 0.1) is 0 Å². The normalized spacial score (nSPS) is 24.7. The van der Waals surface area contributed by atoms with Gasteiger partial charge in [-0.15, -0.1) is 0 Å². The van der Waals surface area contributed by atoms with E-state index in [0.717, 1.165) is 12.6 Å². The van der Waals surface area contributed by atoms with Gasteiger partial charge in [-0.25, -0.2) is 0 Å². The minimum atomic E-state index is 0.712. The molecule has 0 aromatic carbocycles. The molecule has 1 N–H and O–H groups in total. The molecule has 4 heteroatoms. The Morgan fingerprint density at radius 2 is 2.35 bits per heavy atom. The molecule has 2 heterocycles. The molecule has 1 saturated carbocycles. The van der Waals surface area contributed by atoms with Crippen LogP contribution in [-0.4, -0.2) is 39.9 Å². The van der Waals surface area contributed by atoms with Gasteiger partial charge in [-0.3, -0.25) is 9.58 Å². The second kappa shape index (κ2) is 4.78. The van der Waals surface area contributed by atoms with Crippen molar-refractivity contribution in [1.29, 1.82) is 0 Å². The number of aromatic nitrogens is 2. The third-order valence-corrected chi connectivity index (χ3v) is 3.97. The Labute approximate surface area is 103 Å². The van der Waals surface area contributed by atoms with E-state index in [1.807, 2.05) is 17.9 Å².